The largest absolute Gasteiger partial charge is 0.456 e. The molecule has 11 rings (SSSR count). The Kier molecular flexibility index (Phi) is 5.56. The highest BCUT2D eigenvalue weighted by Crippen LogP contribution is 2.50. The molecule has 4 nitrogen and oxygen atoms in total. The molecule has 4 heteroatoms. The molecule has 3 heterocycles. The van der Waals surface area contributed by atoms with Crippen LogP contribution in [0.3, 0.4) is 0 Å². The molecule has 50 heavy (non-hydrogen) atoms. The van der Waals surface area contributed by atoms with Gasteiger partial charge in [0.1, 0.15) is 17.0 Å². The molecule has 0 bridgehead atoms. The van der Waals surface area contributed by atoms with Crippen molar-refractivity contribution in [2.75, 3.05) is 4.90 Å². The fourth-order valence-corrected chi connectivity index (χ4v) is 8.36. The lowest BCUT2D eigenvalue weighted by molar-refractivity contribution is 0.669. The lowest BCUT2D eigenvalue weighted by Gasteiger charge is -2.33. The molecule has 10 aromatic rings. The highest BCUT2D eigenvalue weighted by atomic mass is 16.3. The first-order valence-corrected chi connectivity index (χ1v) is 17.1. The fraction of sp³-hybridized carbons (Fsp3) is 0.0217. The van der Waals surface area contributed by atoms with Crippen LogP contribution in [0.4, 0.5) is 17.1 Å². The summed E-state index contributed by atoms with van der Waals surface area (Å²) in [5.74, 6) is 0.982. The van der Waals surface area contributed by atoms with Gasteiger partial charge in [-0.15, -0.1) is 0 Å². The molecule has 0 spiro atoms. The second kappa shape index (κ2) is 10.2. The Balaban J connectivity index is 1.19. The Hall–Kier alpha value is -6.65. The van der Waals surface area contributed by atoms with E-state index in [9.17, 15) is 0 Å². The van der Waals surface area contributed by atoms with E-state index in [4.69, 9.17) is 9.40 Å². The maximum Gasteiger partial charge on any atom is 0.136 e. The highest BCUT2D eigenvalue weighted by molar-refractivity contribution is 6.22. The molecule has 0 fully saturated rings. The molecule has 0 saturated heterocycles. The molecule has 1 aliphatic rings. The van der Waals surface area contributed by atoms with Crippen LogP contribution in [0.1, 0.15) is 5.82 Å². The third-order valence-electron chi connectivity index (χ3n) is 10.4. The van der Waals surface area contributed by atoms with Gasteiger partial charge < -0.3 is 9.32 Å². The number of para-hydroxylation sites is 3. The number of anilines is 3. The zero-order valence-corrected chi connectivity index (χ0v) is 27.3. The van der Waals surface area contributed by atoms with Gasteiger partial charge in [0.25, 0.3) is 0 Å². The molecule has 0 aliphatic carbocycles. The second-order valence-electron chi connectivity index (χ2n) is 13.2. The van der Waals surface area contributed by atoms with Gasteiger partial charge in [0.15, 0.2) is 0 Å². The van der Waals surface area contributed by atoms with E-state index in [1.165, 1.54) is 38.2 Å². The predicted molar refractivity (Wildman–Crippen MR) is 207 cm³/mol. The molecule has 0 unspecified atom stereocenters. The van der Waals surface area contributed by atoms with E-state index < -0.39 is 0 Å². The van der Waals surface area contributed by atoms with Crippen LogP contribution >= 0.6 is 0 Å². The number of furan rings is 1. The van der Waals surface area contributed by atoms with Gasteiger partial charge in [-0.1, -0.05) is 103 Å². The van der Waals surface area contributed by atoms with Crippen molar-refractivity contribution in [3.05, 3.63) is 164 Å². The van der Waals surface area contributed by atoms with Gasteiger partial charge in [-0.05, 0) is 105 Å². The van der Waals surface area contributed by atoms with Crippen LogP contribution in [0, 0.1) is 6.92 Å². The monoisotopic (exact) mass is 639 g/mol. The molecular formula is C46H29N3O. The number of nitrogens with zero attached hydrogens (tertiary/aromatic N) is 3. The lowest BCUT2D eigenvalue weighted by atomic mass is 9.85. The first-order valence-electron chi connectivity index (χ1n) is 17.1. The Morgan fingerprint density at radius 2 is 1.06 bits per heavy atom. The first kappa shape index (κ1) is 27.3. The quantitative estimate of drug-likeness (QED) is 0.180. The SMILES string of the molecule is Cc1nc2cccc3c2n1-c1ccc(-c2c4ccccc4c(-c4ccc5c(c4)oc4ccccc45)c4ccccc24)cc1N3c1ccccc1. The van der Waals surface area contributed by atoms with Crippen LogP contribution in [0.25, 0.3) is 82.5 Å². The van der Waals surface area contributed by atoms with Crippen molar-refractivity contribution in [2.24, 2.45) is 0 Å². The van der Waals surface area contributed by atoms with E-state index in [0.717, 1.165) is 67.1 Å². The minimum absolute atomic E-state index is 0.904. The molecule has 8 aromatic carbocycles. The van der Waals surface area contributed by atoms with Crippen LogP contribution in [0.15, 0.2) is 162 Å². The number of rotatable bonds is 3. The summed E-state index contributed by atoms with van der Waals surface area (Å²) in [7, 11) is 0. The van der Waals surface area contributed by atoms with Crippen molar-refractivity contribution in [3.63, 3.8) is 0 Å². The average molecular weight is 640 g/mol. The van der Waals surface area contributed by atoms with E-state index in [2.05, 4.69) is 162 Å². The highest BCUT2D eigenvalue weighted by Gasteiger charge is 2.29. The molecule has 0 saturated carbocycles. The van der Waals surface area contributed by atoms with Crippen molar-refractivity contribution in [3.8, 4) is 27.9 Å². The topological polar surface area (TPSA) is 34.2 Å². The van der Waals surface area contributed by atoms with E-state index >= 15 is 0 Å². The number of aromatic nitrogens is 2. The normalized spacial score (nSPS) is 12.5. The zero-order valence-electron chi connectivity index (χ0n) is 27.3. The van der Waals surface area contributed by atoms with Crippen LogP contribution in [0.5, 0.6) is 0 Å². The van der Waals surface area contributed by atoms with Crippen molar-refractivity contribution in [1.82, 2.24) is 9.55 Å². The summed E-state index contributed by atoms with van der Waals surface area (Å²) in [5, 5.41) is 7.14. The number of hydrogen-bond acceptors (Lipinski definition) is 3. The molecule has 0 radical (unpaired) electrons. The predicted octanol–water partition coefficient (Wildman–Crippen LogP) is 12.7. The maximum absolute atomic E-state index is 6.37. The van der Waals surface area contributed by atoms with Crippen LogP contribution in [-0.4, -0.2) is 9.55 Å². The zero-order chi connectivity index (χ0) is 32.9. The Bertz CT molecular complexity index is 2950. The van der Waals surface area contributed by atoms with E-state index in [1.54, 1.807) is 0 Å². The standard InChI is InChI=1S/C46H29N3O/c1-28-47-38-19-11-20-40-46(38)48(28)39-25-23-29(26-41(39)49(40)31-12-3-2-4-13-31)44-34-15-5-7-17-36(34)45(37-18-8-6-16-35(37)44)30-22-24-33-32-14-9-10-21-42(32)50-43(33)27-30/h2-27H,1H3. The third kappa shape index (κ3) is 3.73. The van der Waals surface area contributed by atoms with Gasteiger partial charge in [0.2, 0.25) is 0 Å². The molecule has 234 valence electrons. The third-order valence-corrected chi connectivity index (χ3v) is 10.4. The molecule has 0 amide bonds. The van der Waals surface area contributed by atoms with Crippen molar-refractivity contribution in [2.45, 2.75) is 6.92 Å². The van der Waals surface area contributed by atoms with Gasteiger partial charge in [-0.2, -0.15) is 0 Å². The summed E-state index contributed by atoms with van der Waals surface area (Å²) in [6, 6.07) is 56.7. The van der Waals surface area contributed by atoms with Gasteiger partial charge in [-0.3, -0.25) is 4.57 Å². The summed E-state index contributed by atoms with van der Waals surface area (Å²) in [4.78, 5) is 7.37. The summed E-state index contributed by atoms with van der Waals surface area (Å²) >= 11 is 0. The smallest absolute Gasteiger partial charge is 0.136 e. The molecule has 0 N–H and O–H groups in total. The lowest BCUT2D eigenvalue weighted by Crippen LogP contribution is -2.18. The van der Waals surface area contributed by atoms with Gasteiger partial charge >= 0.3 is 0 Å². The van der Waals surface area contributed by atoms with E-state index in [-0.39, 0.29) is 0 Å². The number of hydrogen-bond donors (Lipinski definition) is 0. The summed E-state index contributed by atoms with van der Waals surface area (Å²) in [6.07, 6.45) is 0. The molecule has 1 aliphatic heterocycles. The molecule has 2 aromatic heterocycles. The molecule has 0 atom stereocenters. The average Bonchev–Trinajstić information content (AvgIpc) is 3.71. The summed E-state index contributed by atoms with van der Waals surface area (Å²) < 4.78 is 8.68. The van der Waals surface area contributed by atoms with Gasteiger partial charge in [0, 0.05) is 16.5 Å². The fourth-order valence-electron chi connectivity index (χ4n) is 8.36. The molecular weight excluding hydrogens is 611 g/mol. The Labute approximate surface area is 288 Å². The van der Waals surface area contributed by atoms with Crippen LogP contribution < -0.4 is 4.90 Å². The number of fused-ring (bicyclic) bond motifs is 7. The van der Waals surface area contributed by atoms with Gasteiger partial charge in [-0.25, -0.2) is 4.98 Å². The number of aryl methyl sites for hydroxylation is 1. The van der Waals surface area contributed by atoms with Crippen LogP contribution in [0.2, 0.25) is 0 Å². The van der Waals surface area contributed by atoms with E-state index in [0.29, 0.717) is 0 Å². The summed E-state index contributed by atoms with van der Waals surface area (Å²) in [6.45, 7) is 2.10. The number of benzene rings is 8. The van der Waals surface area contributed by atoms with Crippen molar-refractivity contribution in [1.29, 1.82) is 0 Å². The van der Waals surface area contributed by atoms with Crippen molar-refractivity contribution < 1.29 is 4.42 Å². The Morgan fingerprint density at radius 1 is 0.460 bits per heavy atom. The summed E-state index contributed by atoms with van der Waals surface area (Å²) in [5.41, 5.74) is 13.2. The van der Waals surface area contributed by atoms with Gasteiger partial charge in [0.05, 0.1) is 28.1 Å². The minimum Gasteiger partial charge on any atom is -0.456 e. The second-order valence-corrected chi connectivity index (χ2v) is 13.2. The first-order chi connectivity index (χ1) is 24.7. The van der Waals surface area contributed by atoms with Crippen molar-refractivity contribution >= 4 is 71.6 Å². The maximum atomic E-state index is 6.37. The number of imidazole rings is 1. The van der Waals surface area contributed by atoms with E-state index in [1.807, 2.05) is 12.1 Å². The minimum atomic E-state index is 0.904. The Morgan fingerprint density at radius 3 is 1.78 bits per heavy atom. The van der Waals surface area contributed by atoms with Crippen LogP contribution in [-0.2, 0) is 0 Å².